The number of aliphatic hydroxyl groups excluding tert-OH is 1. The molecule has 20 nitrogen and oxygen atoms in total. The maximum atomic E-state index is 13.6. The van der Waals surface area contributed by atoms with Crippen LogP contribution >= 0.6 is 0 Å². The van der Waals surface area contributed by atoms with Gasteiger partial charge in [0.25, 0.3) is 35.4 Å². The molecule has 0 aromatic heterocycles. The molecule has 1 atom stereocenters. The summed E-state index contributed by atoms with van der Waals surface area (Å²) in [5, 5.41) is 12.6. The van der Waals surface area contributed by atoms with Crippen LogP contribution in [0.3, 0.4) is 0 Å². The van der Waals surface area contributed by atoms with E-state index in [0.717, 1.165) is 44.1 Å². The highest BCUT2D eigenvalue weighted by atomic mass is 16.7. The summed E-state index contributed by atoms with van der Waals surface area (Å²) >= 11 is 0. The van der Waals surface area contributed by atoms with Gasteiger partial charge in [0.05, 0.1) is 39.0 Å². The largest absolute Gasteiger partial charge is 0.370 e. The van der Waals surface area contributed by atoms with Crippen LogP contribution in [-0.4, -0.2) is 140 Å². The Labute approximate surface area is 271 Å². The molecule has 4 aliphatic rings. The average molecular weight is 677 g/mol. The summed E-state index contributed by atoms with van der Waals surface area (Å²) in [6.45, 7) is -2.20. The Balaban J connectivity index is 1.51. The number of ether oxygens (including phenoxy) is 1. The molecule has 258 valence electrons. The van der Waals surface area contributed by atoms with Crippen LogP contribution in [0.25, 0.3) is 0 Å². The van der Waals surface area contributed by atoms with Crippen molar-refractivity contribution in [1.29, 1.82) is 0 Å². The van der Waals surface area contributed by atoms with Gasteiger partial charge in [-0.15, -0.1) is 10.1 Å². The third-order valence-corrected chi connectivity index (χ3v) is 7.31. The number of hydrogen-bond donors (Lipinski definition) is 1. The molecule has 2 fully saturated rings. The molecule has 1 N–H and O–H groups in total. The van der Waals surface area contributed by atoms with Crippen LogP contribution < -0.4 is 0 Å². The zero-order valence-corrected chi connectivity index (χ0v) is 25.5. The number of hydrazine groups is 1. The summed E-state index contributed by atoms with van der Waals surface area (Å²) in [6, 6.07) is 0. The van der Waals surface area contributed by atoms with Gasteiger partial charge in [0, 0.05) is 63.1 Å². The first-order chi connectivity index (χ1) is 22.8. The van der Waals surface area contributed by atoms with Gasteiger partial charge in [-0.1, -0.05) is 0 Å². The third-order valence-electron chi connectivity index (χ3n) is 7.31. The van der Waals surface area contributed by atoms with E-state index in [0.29, 0.717) is 10.1 Å². The molecule has 4 aliphatic heterocycles. The van der Waals surface area contributed by atoms with Crippen LogP contribution in [0.2, 0.25) is 0 Å². The molecule has 0 aliphatic carbocycles. The topological polar surface area (TPSA) is 238 Å². The first-order valence-corrected chi connectivity index (χ1v) is 14.8. The first-order valence-electron chi connectivity index (χ1n) is 14.8. The van der Waals surface area contributed by atoms with Crippen LogP contribution in [0.5, 0.6) is 0 Å². The number of imide groups is 2. The molecule has 1 unspecified atom stereocenters. The number of carbonyl (C=O) groups is 10. The third kappa shape index (κ3) is 8.85. The van der Waals surface area contributed by atoms with E-state index < -0.39 is 117 Å². The van der Waals surface area contributed by atoms with E-state index in [1.165, 1.54) is 0 Å². The van der Waals surface area contributed by atoms with Crippen molar-refractivity contribution in [3.8, 4) is 0 Å². The molecule has 4 rings (SSSR count). The van der Waals surface area contributed by atoms with Crippen molar-refractivity contribution in [3.05, 3.63) is 24.3 Å². The lowest BCUT2D eigenvalue weighted by molar-refractivity contribution is -0.226. The first kappa shape index (κ1) is 35.4. The van der Waals surface area contributed by atoms with Gasteiger partial charge in [-0.25, -0.2) is 9.59 Å². The summed E-state index contributed by atoms with van der Waals surface area (Å²) in [5.74, 6) is -7.80. The summed E-state index contributed by atoms with van der Waals surface area (Å²) in [4.78, 5) is 136. The van der Waals surface area contributed by atoms with Crippen LogP contribution in [0.15, 0.2) is 24.3 Å². The minimum absolute atomic E-state index is 0.0184. The van der Waals surface area contributed by atoms with E-state index >= 15 is 0 Å². The van der Waals surface area contributed by atoms with Crippen molar-refractivity contribution in [2.45, 2.75) is 51.2 Å². The van der Waals surface area contributed by atoms with Crippen molar-refractivity contribution < 1.29 is 67.5 Å². The number of hydroxylamine groups is 4. The zero-order chi connectivity index (χ0) is 35.0. The van der Waals surface area contributed by atoms with E-state index in [4.69, 9.17) is 14.4 Å². The number of rotatable bonds is 14. The molecule has 0 bridgehead atoms. The lowest BCUT2D eigenvalue weighted by atomic mass is 10.3. The number of amides is 8. The van der Waals surface area contributed by atoms with Gasteiger partial charge in [0.2, 0.25) is 11.8 Å². The quantitative estimate of drug-likeness (QED) is 0.143. The van der Waals surface area contributed by atoms with Gasteiger partial charge < -0.3 is 19.5 Å². The van der Waals surface area contributed by atoms with Crippen molar-refractivity contribution in [3.63, 3.8) is 0 Å². The number of carbonyl (C=O) groups excluding carboxylic acids is 10. The van der Waals surface area contributed by atoms with Gasteiger partial charge >= 0.3 is 11.9 Å². The number of hydrogen-bond acceptors (Lipinski definition) is 14. The molecule has 20 heteroatoms. The van der Waals surface area contributed by atoms with Gasteiger partial charge in [-0.05, 0) is 0 Å². The van der Waals surface area contributed by atoms with Gasteiger partial charge in [0.15, 0.2) is 13.0 Å². The van der Waals surface area contributed by atoms with Crippen LogP contribution in [-0.2, 0) is 62.4 Å². The number of aliphatic hydroxyl groups is 1. The monoisotopic (exact) mass is 676 g/mol. The minimum Gasteiger partial charge on any atom is -0.370 e. The Morgan fingerprint density at radius 2 is 1.19 bits per heavy atom. The summed E-state index contributed by atoms with van der Waals surface area (Å²) in [6.07, 6.45) is 0.204. The van der Waals surface area contributed by atoms with E-state index in [1.54, 1.807) is 0 Å². The maximum absolute atomic E-state index is 13.6. The Hall–Kier alpha value is -5.50. The SMILES string of the molecule is O=C(CCN(C(=O)CCN1C(=O)C=CC1=O)N(CCC(=O)ON1C(=O)CCC1O)C(=O)CCN1C(=O)C=CC1=O)ON1COCCC1=O. The highest BCUT2D eigenvalue weighted by Crippen LogP contribution is 2.18. The van der Waals surface area contributed by atoms with Crippen molar-refractivity contribution in [2.75, 3.05) is 39.5 Å². The predicted octanol–water partition coefficient (Wildman–Crippen LogP) is -2.97. The second-order valence-electron chi connectivity index (χ2n) is 10.6. The predicted molar refractivity (Wildman–Crippen MR) is 150 cm³/mol. The fourth-order valence-corrected chi connectivity index (χ4v) is 4.79. The Kier molecular flexibility index (Phi) is 11.7. The van der Waals surface area contributed by atoms with Crippen LogP contribution in [0, 0.1) is 0 Å². The molecule has 8 amide bonds. The van der Waals surface area contributed by atoms with E-state index in [9.17, 15) is 53.1 Å². The number of nitrogens with zero attached hydrogens (tertiary/aromatic N) is 6. The van der Waals surface area contributed by atoms with Gasteiger partial charge in [-0.3, -0.25) is 58.2 Å². The van der Waals surface area contributed by atoms with Gasteiger partial charge in [-0.2, -0.15) is 0 Å². The average Bonchev–Trinajstić information content (AvgIpc) is 3.67. The second-order valence-corrected chi connectivity index (χ2v) is 10.6. The highest BCUT2D eigenvalue weighted by Gasteiger charge is 2.35. The molecular formula is C28H32N6O14. The van der Waals surface area contributed by atoms with Crippen LogP contribution in [0.1, 0.15) is 44.9 Å². The fourth-order valence-electron chi connectivity index (χ4n) is 4.79. The van der Waals surface area contributed by atoms with E-state index in [2.05, 4.69) is 0 Å². The molecule has 0 aromatic carbocycles. The van der Waals surface area contributed by atoms with Crippen molar-refractivity contribution in [1.82, 2.24) is 29.9 Å². The highest BCUT2D eigenvalue weighted by molar-refractivity contribution is 6.13. The van der Waals surface area contributed by atoms with Crippen molar-refractivity contribution >= 4 is 59.2 Å². The van der Waals surface area contributed by atoms with E-state index in [-0.39, 0.29) is 32.6 Å². The Morgan fingerprint density at radius 1 is 0.708 bits per heavy atom. The molecule has 0 spiro atoms. The fraction of sp³-hybridized carbons (Fsp3) is 0.500. The minimum atomic E-state index is -1.38. The molecule has 0 aromatic rings. The molecule has 0 radical (unpaired) electrons. The molecule has 2 saturated heterocycles. The molecule has 4 heterocycles. The molecular weight excluding hydrogens is 644 g/mol. The zero-order valence-electron chi connectivity index (χ0n) is 25.5. The van der Waals surface area contributed by atoms with Gasteiger partial charge in [0.1, 0.15) is 0 Å². The Morgan fingerprint density at radius 3 is 1.62 bits per heavy atom. The van der Waals surface area contributed by atoms with Crippen molar-refractivity contribution in [2.24, 2.45) is 0 Å². The summed E-state index contributed by atoms with van der Waals surface area (Å²) in [7, 11) is 0. The second kappa shape index (κ2) is 15.9. The smallest absolute Gasteiger partial charge is 0.334 e. The standard InChI is InChI=1S/C28H32N6O14/c35-18-1-2-19(36)29(18)12-7-22(39)31(14-9-27(44)47-33-17-46-16-11-24(33)41)32(23(40)8-13-30-20(37)3-4-21(30)38)15-10-28(45)48-34-25(42)5-6-26(34)43/h1-4,25,42H,5-17H2. The lowest BCUT2D eigenvalue weighted by Crippen LogP contribution is -2.53. The maximum Gasteiger partial charge on any atom is 0.334 e. The lowest BCUT2D eigenvalue weighted by Gasteiger charge is -2.35. The summed E-state index contributed by atoms with van der Waals surface area (Å²) < 4.78 is 5.09. The summed E-state index contributed by atoms with van der Waals surface area (Å²) in [5.41, 5.74) is 0. The normalized spacial score (nSPS) is 19.1. The van der Waals surface area contributed by atoms with E-state index in [1.807, 2.05) is 0 Å². The Bertz CT molecular complexity index is 1420. The van der Waals surface area contributed by atoms with Crippen LogP contribution in [0.4, 0.5) is 0 Å². The molecule has 48 heavy (non-hydrogen) atoms. The molecule has 0 saturated carbocycles.